The molecule has 0 fully saturated rings. The van der Waals surface area contributed by atoms with Gasteiger partial charge in [-0.05, 0) is 44.9 Å². The Balaban J connectivity index is 1.84. The van der Waals surface area contributed by atoms with Crippen LogP contribution in [0.5, 0.6) is 0 Å². The summed E-state index contributed by atoms with van der Waals surface area (Å²) in [5.41, 5.74) is 2.37. The molecule has 0 amide bonds. The third kappa shape index (κ3) is 12.8. The minimum absolute atomic E-state index is 0.0347. The SMILES string of the molecule is C=C1C[C@H](C)C[C@@H]2CC=C[C@@H](CC#CC(=O)O[C@H]([C@H](/C=C/[C@@H]3CC(C)=CCO3)OCOC)C/C=C/[C@@H](OCOC)C1)O2. The molecule has 0 saturated carbocycles. The molecule has 3 aliphatic heterocycles. The van der Waals surface area contributed by atoms with E-state index in [2.05, 4.69) is 44.4 Å². The number of rotatable bonds is 9. The van der Waals surface area contributed by atoms with Crippen LogP contribution in [0.15, 0.2) is 60.3 Å². The first-order chi connectivity index (χ1) is 20.4. The maximum atomic E-state index is 12.9. The van der Waals surface area contributed by atoms with Crippen LogP contribution in [0.4, 0.5) is 0 Å². The summed E-state index contributed by atoms with van der Waals surface area (Å²) in [5, 5.41) is 0. The highest BCUT2D eigenvalue weighted by Crippen LogP contribution is 2.26. The second-order valence-electron chi connectivity index (χ2n) is 11.2. The number of carbonyl (C=O) groups excluding carboxylic acids is 1. The lowest BCUT2D eigenvalue weighted by Gasteiger charge is -2.28. The Labute approximate surface area is 251 Å². The maximum Gasteiger partial charge on any atom is 0.384 e. The zero-order valence-electron chi connectivity index (χ0n) is 25.6. The third-order valence-electron chi connectivity index (χ3n) is 7.31. The molecule has 0 aromatic rings. The second kappa shape index (κ2) is 18.9. The van der Waals surface area contributed by atoms with Crippen molar-refractivity contribution < 1.29 is 38.0 Å². The highest BCUT2D eigenvalue weighted by molar-refractivity contribution is 5.88. The average molecular weight is 585 g/mol. The van der Waals surface area contributed by atoms with Gasteiger partial charge in [0, 0.05) is 33.0 Å². The van der Waals surface area contributed by atoms with Crippen molar-refractivity contribution in [2.24, 2.45) is 5.92 Å². The van der Waals surface area contributed by atoms with Crippen molar-refractivity contribution >= 4 is 5.97 Å². The lowest BCUT2D eigenvalue weighted by molar-refractivity contribution is -0.153. The van der Waals surface area contributed by atoms with Gasteiger partial charge in [0.15, 0.2) is 0 Å². The van der Waals surface area contributed by atoms with E-state index in [1.165, 1.54) is 5.57 Å². The molecule has 0 aromatic carbocycles. The second-order valence-corrected chi connectivity index (χ2v) is 11.2. The third-order valence-corrected chi connectivity index (χ3v) is 7.31. The zero-order chi connectivity index (χ0) is 30.2. The first-order valence-electron chi connectivity index (χ1n) is 14.9. The zero-order valence-corrected chi connectivity index (χ0v) is 25.6. The number of hydrogen-bond acceptors (Lipinski definition) is 8. The predicted molar refractivity (Wildman–Crippen MR) is 161 cm³/mol. The van der Waals surface area contributed by atoms with Gasteiger partial charge in [-0.2, -0.15) is 0 Å². The Morgan fingerprint density at radius 3 is 2.71 bits per heavy atom. The number of carbonyl (C=O) groups is 1. The molecule has 8 nitrogen and oxygen atoms in total. The van der Waals surface area contributed by atoms with Crippen molar-refractivity contribution in [2.45, 2.75) is 95.4 Å². The van der Waals surface area contributed by atoms with Crippen LogP contribution in [0.3, 0.4) is 0 Å². The Morgan fingerprint density at radius 1 is 1.12 bits per heavy atom. The predicted octanol–water partition coefficient (Wildman–Crippen LogP) is 5.60. The average Bonchev–Trinajstić information content (AvgIpc) is 2.95. The molecule has 0 saturated heterocycles. The number of esters is 1. The Bertz CT molecular complexity index is 1030. The van der Waals surface area contributed by atoms with Crippen molar-refractivity contribution in [3.05, 3.63) is 60.3 Å². The van der Waals surface area contributed by atoms with E-state index in [0.29, 0.717) is 31.8 Å². The first kappa shape index (κ1) is 34.0. The van der Waals surface area contributed by atoms with E-state index in [0.717, 1.165) is 31.3 Å². The van der Waals surface area contributed by atoms with Crippen molar-refractivity contribution in [1.82, 2.24) is 0 Å². The fraction of sp³-hybridized carbons (Fsp3) is 0.618. The smallest absolute Gasteiger partial charge is 0.384 e. The lowest BCUT2D eigenvalue weighted by atomic mass is 9.91. The van der Waals surface area contributed by atoms with Gasteiger partial charge in [-0.3, -0.25) is 0 Å². The quantitative estimate of drug-likeness (QED) is 0.114. The molecule has 3 heterocycles. The highest BCUT2D eigenvalue weighted by atomic mass is 16.7. The van der Waals surface area contributed by atoms with Crippen LogP contribution in [0.25, 0.3) is 0 Å². The number of methoxy groups -OCH3 is 2. The molecule has 2 bridgehead atoms. The van der Waals surface area contributed by atoms with Crippen LogP contribution in [0.2, 0.25) is 0 Å². The molecule has 3 aliphatic rings. The number of hydrogen-bond donors (Lipinski definition) is 0. The van der Waals surface area contributed by atoms with Crippen LogP contribution in [-0.4, -0.2) is 77.0 Å². The van der Waals surface area contributed by atoms with Gasteiger partial charge in [-0.1, -0.05) is 73.1 Å². The van der Waals surface area contributed by atoms with Gasteiger partial charge in [0.05, 0.1) is 31.0 Å². The Hall–Kier alpha value is -2.51. The molecule has 0 aliphatic carbocycles. The summed E-state index contributed by atoms with van der Waals surface area (Å²) >= 11 is 0. The molecule has 0 N–H and O–H groups in total. The molecule has 0 spiro atoms. The van der Waals surface area contributed by atoms with Crippen LogP contribution in [0, 0.1) is 17.8 Å². The molecule has 0 radical (unpaired) electrons. The van der Waals surface area contributed by atoms with Gasteiger partial charge in [0.2, 0.25) is 0 Å². The van der Waals surface area contributed by atoms with Crippen LogP contribution in [-0.2, 0) is 38.0 Å². The van der Waals surface area contributed by atoms with Crippen LogP contribution >= 0.6 is 0 Å². The van der Waals surface area contributed by atoms with Gasteiger partial charge >= 0.3 is 5.97 Å². The van der Waals surface area contributed by atoms with Crippen molar-refractivity contribution in [1.29, 1.82) is 0 Å². The summed E-state index contributed by atoms with van der Waals surface area (Å²) in [6, 6.07) is 0. The summed E-state index contributed by atoms with van der Waals surface area (Å²) in [5.74, 6) is 5.39. The van der Waals surface area contributed by atoms with Crippen molar-refractivity contribution in [3.63, 3.8) is 0 Å². The van der Waals surface area contributed by atoms with Gasteiger partial charge < -0.3 is 33.2 Å². The maximum absolute atomic E-state index is 12.9. The normalized spacial score (nSPS) is 31.3. The first-order valence-corrected chi connectivity index (χ1v) is 14.9. The van der Waals surface area contributed by atoms with E-state index in [1.807, 2.05) is 30.4 Å². The van der Waals surface area contributed by atoms with E-state index in [-0.39, 0.29) is 38.0 Å². The molecule has 7 atom stereocenters. The highest BCUT2D eigenvalue weighted by Gasteiger charge is 2.25. The Kier molecular flexibility index (Phi) is 15.3. The molecule has 3 rings (SSSR count). The monoisotopic (exact) mass is 584 g/mol. The van der Waals surface area contributed by atoms with E-state index in [1.54, 1.807) is 14.2 Å². The standard InChI is InChI=1S/C34H48O8/c1-25-17-18-38-30(20-25)15-16-32(40-24-37-5)33-13-7-11-29(39-23-36-4)21-26(2)19-27(3)22-31-12-6-9-28(41-31)10-8-14-34(35)42-33/h6-7,9,11,15-17,27-33H,2,10,12-13,18-24H2,1,3-5H3/b11-7+,16-15+/t27-,28-,29+,30+,31-,32-,33-/m0/s1. The fourth-order valence-electron chi connectivity index (χ4n) is 5.30. The van der Waals surface area contributed by atoms with Gasteiger partial charge in [-0.15, -0.1) is 0 Å². The minimum Gasteiger partial charge on any atom is -0.449 e. The summed E-state index contributed by atoms with van der Waals surface area (Å²) < 4.78 is 40.3. The summed E-state index contributed by atoms with van der Waals surface area (Å²) in [4.78, 5) is 12.9. The van der Waals surface area contributed by atoms with E-state index < -0.39 is 18.2 Å². The summed E-state index contributed by atoms with van der Waals surface area (Å²) in [7, 11) is 3.15. The van der Waals surface area contributed by atoms with Gasteiger partial charge in [0.1, 0.15) is 25.8 Å². The molecule has 8 heteroatoms. The topological polar surface area (TPSA) is 81.7 Å². The van der Waals surface area contributed by atoms with Gasteiger partial charge in [-0.25, -0.2) is 4.79 Å². The molecular formula is C34H48O8. The van der Waals surface area contributed by atoms with E-state index in [9.17, 15) is 4.79 Å². The lowest BCUT2D eigenvalue weighted by Crippen LogP contribution is -2.33. The van der Waals surface area contributed by atoms with Crippen LogP contribution in [0.1, 0.15) is 58.8 Å². The summed E-state index contributed by atoms with van der Waals surface area (Å²) in [6.07, 6.45) is 17.3. The molecule has 0 unspecified atom stereocenters. The Morgan fingerprint density at radius 2 is 1.93 bits per heavy atom. The van der Waals surface area contributed by atoms with Crippen LogP contribution < -0.4 is 0 Å². The number of cyclic esters (lactones) is 1. The van der Waals surface area contributed by atoms with E-state index in [4.69, 9.17) is 33.2 Å². The molecular weight excluding hydrogens is 536 g/mol. The van der Waals surface area contributed by atoms with Crippen molar-refractivity contribution in [2.75, 3.05) is 34.4 Å². The molecule has 42 heavy (non-hydrogen) atoms. The largest absolute Gasteiger partial charge is 0.449 e. The number of fused-ring (bicyclic) bond motifs is 2. The number of ether oxygens (including phenoxy) is 7. The molecule has 232 valence electrons. The molecule has 0 aromatic heterocycles. The van der Waals surface area contributed by atoms with E-state index >= 15 is 0 Å². The summed E-state index contributed by atoms with van der Waals surface area (Å²) in [6.45, 7) is 9.41. The fourth-order valence-corrected chi connectivity index (χ4v) is 5.30. The van der Waals surface area contributed by atoms with Crippen molar-refractivity contribution in [3.8, 4) is 11.8 Å². The van der Waals surface area contributed by atoms with Gasteiger partial charge in [0.25, 0.3) is 0 Å². The minimum atomic E-state index is -0.657.